The van der Waals surface area contributed by atoms with Gasteiger partial charge in [-0.1, -0.05) is 12.1 Å². The number of ether oxygens (including phenoxy) is 4. The number of esters is 2. The zero-order chi connectivity index (χ0) is 63.8. The predicted octanol–water partition coefficient (Wildman–Crippen LogP) is 2.87. The highest BCUT2D eigenvalue weighted by atomic mass is 32.2. The third-order valence-electron chi connectivity index (χ3n) is 12.5. The second-order valence-electron chi connectivity index (χ2n) is 19.1. The number of hydrogen-bond acceptors (Lipinski definition) is 19. The molecule has 88 heavy (non-hydrogen) atoms. The van der Waals surface area contributed by atoms with Crippen molar-refractivity contribution in [3.8, 4) is 0 Å². The van der Waals surface area contributed by atoms with E-state index < -0.39 is 61.5 Å². The summed E-state index contributed by atoms with van der Waals surface area (Å²) in [5.41, 5.74) is 17.0. The normalized spacial score (nSPS) is 11.1. The number of nitrogens with one attached hydrogen (secondary N) is 10. The standard InChI is InChI=1S/C58H68N12O16S2/c1-7-84-57(76)55(74)65-63-44-15-19-46(20-16-44)67-87(78,79)48-23-13-38(3)52(40(48)5)61-50(71)35-69-27-9-11-42(33-69)37-86-60-26-30-83-32-31-82-29-25-59-54(73)43-12-10-28-70(34-43)36-51(72)62-53-39(4)14-24-49(41(53)6)88(80,81)68-47-21-17-45(18-22-47)64-66-56(75)58(77)85-8-2/h9-24,27-28,33-34,60H,7-8,25-26,29-32,35-37H2,1-6H3,(H7-2,59,61,62,63,64,65,66,67,68,71,72,73,74,75,76,77)/p+2. The highest BCUT2D eigenvalue weighted by molar-refractivity contribution is 7.93. The van der Waals surface area contributed by atoms with Gasteiger partial charge in [0.2, 0.25) is 13.1 Å². The summed E-state index contributed by atoms with van der Waals surface area (Å²) < 4.78 is 82.8. The van der Waals surface area contributed by atoms with Crippen LogP contribution >= 0.6 is 0 Å². The van der Waals surface area contributed by atoms with Crippen LogP contribution in [0.5, 0.6) is 0 Å². The zero-order valence-corrected chi connectivity index (χ0v) is 50.7. The molecule has 4 aromatic carbocycles. The van der Waals surface area contributed by atoms with Gasteiger partial charge in [-0.05, 0) is 137 Å². The summed E-state index contributed by atoms with van der Waals surface area (Å²) in [5.74, 6) is -5.39. The van der Waals surface area contributed by atoms with Crippen molar-refractivity contribution in [3.05, 3.63) is 155 Å². The van der Waals surface area contributed by atoms with Gasteiger partial charge in [0.05, 0.1) is 67.4 Å². The van der Waals surface area contributed by atoms with Crippen molar-refractivity contribution in [1.29, 1.82) is 0 Å². The molecule has 0 fully saturated rings. The Labute approximate surface area is 508 Å². The quantitative estimate of drug-likeness (QED) is 0.00983. The molecule has 0 aliphatic carbocycles. The lowest BCUT2D eigenvalue weighted by Crippen LogP contribution is -2.41. The predicted molar refractivity (Wildman–Crippen MR) is 320 cm³/mol. The van der Waals surface area contributed by atoms with Crippen molar-refractivity contribution in [2.45, 2.75) is 71.0 Å². The van der Waals surface area contributed by atoms with E-state index in [4.69, 9.17) is 14.3 Å². The molecule has 0 saturated carbocycles. The largest absolute Gasteiger partial charge is 0.459 e. The van der Waals surface area contributed by atoms with Crippen molar-refractivity contribution < 1.29 is 83.3 Å². The molecule has 0 spiro atoms. The minimum Gasteiger partial charge on any atom is -0.459 e. The van der Waals surface area contributed by atoms with Gasteiger partial charge in [-0.2, -0.15) is 14.6 Å². The molecule has 0 radical (unpaired) electrons. The number of carbonyl (C=O) groups excluding carboxylic acids is 7. The monoisotopic (exact) mass is 1250 g/mol. The first-order chi connectivity index (χ1) is 42.1. The van der Waals surface area contributed by atoms with Gasteiger partial charge >= 0.3 is 23.8 Å². The number of nitrogens with zero attached hydrogens (tertiary/aromatic N) is 2. The van der Waals surface area contributed by atoms with Gasteiger partial charge < -0.3 is 34.9 Å². The van der Waals surface area contributed by atoms with Crippen LogP contribution in [0.4, 0.5) is 34.1 Å². The Hall–Kier alpha value is -9.59. The van der Waals surface area contributed by atoms with Gasteiger partial charge in [0.1, 0.15) is 5.56 Å². The first-order valence-corrected chi connectivity index (χ1v) is 30.3. The molecule has 10 N–H and O–H groups in total. The molecule has 5 amide bonds. The number of hydrogen-bond donors (Lipinski definition) is 10. The fraction of sp³-hybridized carbons (Fsp3) is 0.293. The molecule has 0 unspecified atom stereocenters. The number of sulfonamides is 2. The summed E-state index contributed by atoms with van der Waals surface area (Å²) in [7, 11) is -8.27. The Bertz CT molecular complexity index is 3710. The van der Waals surface area contributed by atoms with Crippen LogP contribution in [0.1, 0.15) is 52.0 Å². The molecule has 0 saturated heterocycles. The molecular formula is C58H70N12O16S2+2. The summed E-state index contributed by atoms with van der Waals surface area (Å²) in [6.07, 6.45) is 6.59. The lowest BCUT2D eigenvalue weighted by molar-refractivity contribution is -0.684. The van der Waals surface area contributed by atoms with Crippen LogP contribution in [0.2, 0.25) is 0 Å². The number of hydrazine groups is 2. The Morgan fingerprint density at radius 1 is 0.511 bits per heavy atom. The van der Waals surface area contributed by atoms with Gasteiger partial charge in [0.15, 0.2) is 24.8 Å². The fourth-order valence-electron chi connectivity index (χ4n) is 8.22. The molecule has 0 aliphatic heterocycles. The van der Waals surface area contributed by atoms with Crippen LogP contribution in [0.25, 0.3) is 0 Å². The SMILES string of the molecule is CCOC(=O)C(=O)NNc1ccc(NS(=O)(=O)c2ccc(C)c(NC(=O)C[n+]3cccc(CONCCOCCOCCNC(=O)c4ccc[n+](CC(=O)Nc5c(C)ccc(S(=O)(=O)Nc6ccc(NNC(=O)C(=O)OCC)cc6)c5C)c4)c3)c2C)cc1. The number of pyridine rings is 2. The third-order valence-corrected chi connectivity index (χ3v) is 15.5. The maximum absolute atomic E-state index is 13.5. The van der Waals surface area contributed by atoms with E-state index in [0.717, 1.165) is 5.56 Å². The number of aromatic nitrogens is 2. The highest BCUT2D eigenvalue weighted by Gasteiger charge is 2.25. The molecular weight excluding hydrogens is 1180 g/mol. The number of benzene rings is 4. The van der Waals surface area contributed by atoms with Gasteiger partial charge in [-0.25, -0.2) is 26.4 Å². The number of aryl methyl sites for hydroxylation is 2. The fourth-order valence-corrected chi connectivity index (χ4v) is 10.8. The topological polar surface area (TPSA) is 362 Å². The van der Waals surface area contributed by atoms with Crippen LogP contribution in [0, 0.1) is 27.7 Å². The smallest absolute Gasteiger partial charge is 0.398 e. The molecule has 6 rings (SSSR count). The molecule has 468 valence electrons. The van der Waals surface area contributed by atoms with Gasteiger partial charge in [0.25, 0.3) is 37.8 Å². The molecule has 0 atom stereocenters. The summed E-state index contributed by atoms with van der Waals surface area (Å²) in [5, 5.41) is 8.44. The molecule has 2 heterocycles. The first-order valence-electron chi connectivity index (χ1n) is 27.3. The lowest BCUT2D eigenvalue weighted by Gasteiger charge is -2.16. The van der Waals surface area contributed by atoms with Crippen molar-refractivity contribution in [1.82, 2.24) is 21.6 Å². The van der Waals surface area contributed by atoms with Gasteiger partial charge in [-0.3, -0.25) is 60.0 Å². The maximum Gasteiger partial charge on any atom is 0.398 e. The van der Waals surface area contributed by atoms with E-state index in [2.05, 4.69) is 62.1 Å². The Kier molecular flexibility index (Phi) is 25.2. The number of anilines is 6. The molecule has 6 aromatic rings. The Morgan fingerprint density at radius 3 is 1.43 bits per heavy atom. The average molecular weight is 1260 g/mol. The van der Waals surface area contributed by atoms with E-state index in [0.29, 0.717) is 63.7 Å². The van der Waals surface area contributed by atoms with E-state index in [1.807, 2.05) is 6.07 Å². The van der Waals surface area contributed by atoms with E-state index in [-0.39, 0.29) is 80.4 Å². The minimum atomic E-state index is -4.15. The van der Waals surface area contributed by atoms with Crippen molar-refractivity contribution >= 4 is 95.6 Å². The number of rotatable bonds is 31. The molecule has 28 nitrogen and oxygen atoms in total. The summed E-state index contributed by atoms with van der Waals surface area (Å²) in [6, 6.07) is 24.6. The second-order valence-corrected chi connectivity index (χ2v) is 22.4. The average Bonchev–Trinajstić information content (AvgIpc) is 1.84. The number of hydroxylamine groups is 1. The third kappa shape index (κ3) is 20.6. The number of carbonyl (C=O) groups is 7. The van der Waals surface area contributed by atoms with Gasteiger partial charge in [0, 0.05) is 53.5 Å². The second kappa shape index (κ2) is 32.8. The maximum atomic E-state index is 13.5. The summed E-state index contributed by atoms with van der Waals surface area (Å²) in [4.78, 5) is 91.7. The minimum absolute atomic E-state index is 0.0317. The van der Waals surface area contributed by atoms with Crippen LogP contribution in [-0.2, 0) is 92.3 Å². The highest BCUT2D eigenvalue weighted by Crippen LogP contribution is 2.30. The van der Waals surface area contributed by atoms with Crippen LogP contribution < -0.4 is 61.7 Å². The summed E-state index contributed by atoms with van der Waals surface area (Å²) in [6.45, 7) is 11.4. The summed E-state index contributed by atoms with van der Waals surface area (Å²) >= 11 is 0. The van der Waals surface area contributed by atoms with E-state index in [9.17, 15) is 50.4 Å². The molecule has 0 aliphatic rings. The van der Waals surface area contributed by atoms with Crippen molar-refractivity contribution in [3.63, 3.8) is 0 Å². The zero-order valence-electron chi connectivity index (χ0n) is 49.1. The van der Waals surface area contributed by atoms with E-state index in [1.54, 1.807) is 95.0 Å². The van der Waals surface area contributed by atoms with Gasteiger partial charge in [-0.15, -0.1) is 0 Å². The molecule has 30 heteroatoms. The van der Waals surface area contributed by atoms with Crippen molar-refractivity contribution in [2.24, 2.45) is 0 Å². The Morgan fingerprint density at radius 2 is 0.955 bits per heavy atom. The lowest BCUT2D eigenvalue weighted by atomic mass is 10.1. The molecule has 0 bridgehead atoms. The van der Waals surface area contributed by atoms with Crippen LogP contribution in [-0.4, -0.2) is 111 Å². The molecule has 2 aromatic heterocycles. The van der Waals surface area contributed by atoms with Crippen molar-refractivity contribution in [2.75, 3.05) is 83.7 Å². The van der Waals surface area contributed by atoms with Crippen LogP contribution in [0.15, 0.2) is 132 Å². The number of amides is 5. The van der Waals surface area contributed by atoms with E-state index in [1.165, 1.54) is 71.4 Å². The first kappa shape index (κ1) is 67.5. The Balaban J connectivity index is 0.842. The van der Waals surface area contributed by atoms with E-state index >= 15 is 0 Å². The van der Waals surface area contributed by atoms with Crippen LogP contribution in [0.3, 0.4) is 0 Å².